The van der Waals surface area contributed by atoms with E-state index in [-0.39, 0.29) is 6.10 Å². The number of fused-ring (bicyclic) bond motifs is 1. The monoisotopic (exact) mass is 342 g/mol. The van der Waals surface area contributed by atoms with Gasteiger partial charge in [0.2, 0.25) is 5.88 Å². The first kappa shape index (κ1) is 17.9. The molecule has 1 aromatic rings. The number of ether oxygens (including phenoxy) is 1. The van der Waals surface area contributed by atoms with E-state index in [1.54, 1.807) is 12.4 Å². The Balaban J connectivity index is 1.61. The predicted molar refractivity (Wildman–Crippen MR) is 102 cm³/mol. The summed E-state index contributed by atoms with van der Waals surface area (Å²) in [5.41, 5.74) is 0. The van der Waals surface area contributed by atoms with Crippen LogP contribution in [0.25, 0.3) is 0 Å². The average molecular weight is 342 g/mol. The highest BCUT2D eigenvalue weighted by atomic mass is 16.5. The molecule has 136 valence electrons. The van der Waals surface area contributed by atoms with Crippen LogP contribution in [0, 0.1) is 11.8 Å². The van der Waals surface area contributed by atoms with Crippen molar-refractivity contribution in [2.75, 3.05) is 38.6 Å². The fourth-order valence-corrected chi connectivity index (χ4v) is 3.82. The molecule has 25 heavy (non-hydrogen) atoms. The number of anilines is 1. The second-order valence-corrected chi connectivity index (χ2v) is 7.40. The quantitative estimate of drug-likeness (QED) is 0.679. The third-order valence-corrected chi connectivity index (χ3v) is 5.20. The van der Waals surface area contributed by atoms with Crippen molar-refractivity contribution in [3.05, 3.63) is 37.2 Å². The molecule has 0 radical (unpaired) electrons. The van der Waals surface area contributed by atoms with Gasteiger partial charge in [0.25, 0.3) is 0 Å². The maximum atomic E-state index is 6.22. The second kappa shape index (κ2) is 8.48. The molecule has 0 unspecified atom stereocenters. The first-order valence-corrected chi connectivity index (χ1v) is 9.30. The lowest BCUT2D eigenvalue weighted by Gasteiger charge is -2.24. The van der Waals surface area contributed by atoms with Crippen LogP contribution >= 0.6 is 0 Å². The van der Waals surface area contributed by atoms with Crippen LogP contribution in [0.3, 0.4) is 0 Å². The molecule has 0 spiro atoms. The van der Waals surface area contributed by atoms with Crippen LogP contribution in [-0.4, -0.2) is 54.7 Å². The van der Waals surface area contributed by atoms with Gasteiger partial charge in [0.1, 0.15) is 6.10 Å². The minimum absolute atomic E-state index is 0.123. The molecule has 3 atom stereocenters. The number of rotatable bonds is 8. The first-order valence-electron chi connectivity index (χ1n) is 9.30. The van der Waals surface area contributed by atoms with E-state index in [0.29, 0.717) is 5.88 Å². The Morgan fingerprint density at radius 2 is 2.00 bits per heavy atom. The van der Waals surface area contributed by atoms with Crippen molar-refractivity contribution >= 4 is 5.82 Å². The Morgan fingerprint density at radius 1 is 1.28 bits per heavy atom. The number of nitrogens with zero attached hydrogens (tertiary/aromatic N) is 4. The number of likely N-dealkylation sites (tertiary alicyclic amines) is 1. The smallest absolute Gasteiger partial charge is 0.234 e. The summed E-state index contributed by atoms with van der Waals surface area (Å²) in [5.74, 6) is 3.07. The zero-order chi connectivity index (χ0) is 17.6. The van der Waals surface area contributed by atoms with E-state index in [0.717, 1.165) is 37.0 Å². The number of hydrogen-bond acceptors (Lipinski definition) is 5. The molecule has 1 aliphatic carbocycles. The van der Waals surface area contributed by atoms with Gasteiger partial charge in [-0.1, -0.05) is 18.2 Å². The van der Waals surface area contributed by atoms with Crippen LogP contribution < -0.4 is 9.64 Å². The Morgan fingerprint density at radius 3 is 2.64 bits per heavy atom. The zero-order valence-electron chi connectivity index (χ0n) is 15.5. The Labute approximate surface area is 151 Å². The number of hydrogen-bond donors (Lipinski definition) is 0. The molecule has 0 saturated carbocycles. The summed E-state index contributed by atoms with van der Waals surface area (Å²) in [6, 6.07) is 0. The van der Waals surface area contributed by atoms with Gasteiger partial charge < -0.3 is 9.64 Å². The predicted octanol–water partition coefficient (Wildman–Crippen LogP) is 3.15. The fourth-order valence-electron chi connectivity index (χ4n) is 3.82. The van der Waals surface area contributed by atoms with Gasteiger partial charge in [0, 0.05) is 33.7 Å². The molecule has 3 rings (SSSR count). The third kappa shape index (κ3) is 4.82. The summed E-state index contributed by atoms with van der Waals surface area (Å²) in [6.45, 7) is 7.18. The lowest BCUT2D eigenvalue weighted by atomic mass is 9.86. The fraction of sp³-hybridized carbons (Fsp3) is 0.600. The molecule has 0 amide bonds. The molecule has 1 saturated heterocycles. The van der Waals surface area contributed by atoms with Gasteiger partial charge in [-0.3, -0.25) is 9.88 Å². The van der Waals surface area contributed by atoms with E-state index in [4.69, 9.17) is 4.74 Å². The summed E-state index contributed by atoms with van der Waals surface area (Å²) in [5, 5.41) is 0. The molecule has 0 N–H and O–H groups in total. The van der Waals surface area contributed by atoms with Gasteiger partial charge in [-0.25, -0.2) is 0 Å². The highest BCUT2D eigenvalue weighted by Crippen LogP contribution is 2.33. The highest BCUT2D eigenvalue weighted by Gasteiger charge is 2.33. The van der Waals surface area contributed by atoms with E-state index in [1.807, 2.05) is 25.1 Å². The lowest BCUT2D eigenvalue weighted by molar-refractivity contribution is 0.131. The molecule has 5 nitrogen and oxygen atoms in total. The molecule has 2 aliphatic rings. The molecule has 1 aliphatic heterocycles. The summed E-state index contributed by atoms with van der Waals surface area (Å²) in [7, 11) is 3.92. The first-order chi connectivity index (χ1) is 12.2. The van der Waals surface area contributed by atoms with Crippen molar-refractivity contribution in [3.63, 3.8) is 0 Å². The summed E-state index contributed by atoms with van der Waals surface area (Å²) < 4.78 is 6.22. The van der Waals surface area contributed by atoms with Crippen molar-refractivity contribution in [3.8, 4) is 5.88 Å². The molecule has 0 aromatic carbocycles. The molecule has 1 aromatic heterocycles. The molecule has 1 fully saturated rings. The van der Waals surface area contributed by atoms with Crippen LogP contribution in [0.15, 0.2) is 37.2 Å². The van der Waals surface area contributed by atoms with E-state index in [9.17, 15) is 0 Å². The van der Waals surface area contributed by atoms with Crippen LogP contribution in [0.5, 0.6) is 5.88 Å². The largest absolute Gasteiger partial charge is 0.472 e. The van der Waals surface area contributed by atoms with E-state index >= 15 is 0 Å². The maximum Gasteiger partial charge on any atom is 0.234 e. The van der Waals surface area contributed by atoms with Crippen LogP contribution in [0.1, 0.15) is 25.7 Å². The topological polar surface area (TPSA) is 41.5 Å². The van der Waals surface area contributed by atoms with Crippen LogP contribution in [0.4, 0.5) is 5.82 Å². The van der Waals surface area contributed by atoms with E-state index in [1.165, 1.54) is 25.9 Å². The summed E-state index contributed by atoms with van der Waals surface area (Å²) in [6.07, 6.45) is 14.6. The lowest BCUT2D eigenvalue weighted by Crippen LogP contribution is -2.34. The van der Waals surface area contributed by atoms with Crippen molar-refractivity contribution in [2.24, 2.45) is 11.8 Å². The minimum Gasteiger partial charge on any atom is -0.472 e. The SMILES string of the molecule is C=CCC[C@H](CN1C[C@H]2CC=CC[C@H]2C1)Oc1cncc(N(C)C)n1. The normalized spacial score (nSPS) is 23.9. The van der Waals surface area contributed by atoms with Crippen LogP contribution in [0.2, 0.25) is 0 Å². The van der Waals surface area contributed by atoms with Gasteiger partial charge in [-0.15, -0.1) is 6.58 Å². The standard InChI is InChI=1S/C20H30N4O/c1-4-5-10-18(25-20-12-21-11-19(22-20)23(2)3)15-24-13-16-8-6-7-9-17(16)14-24/h4,6-7,11-12,16-18H,1,5,8-10,13-15H2,2-3H3/t16-,17+,18-/m1/s1. The second-order valence-electron chi connectivity index (χ2n) is 7.40. The van der Waals surface area contributed by atoms with Crippen LogP contribution in [-0.2, 0) is 0 Å². The zero-order valence-corrected chi connectivity index (χ0v) is 15.5. The summed E-state index contributed by atoms with van der Waals surface area (Å²) >= 11 is 0. The molecule has 5 heteroatoms. The molecular weight excluding hydrogens is 312 g/mol. The Kier molecular flexibility index (Phi) is 6.08. The van der Waals surface area contributed by atoms with Gasteiger partial charge in [0.05, 0.1) is 12.4 Å². The highest BCUT2D eigenvalue weighted by molar-refractivity contribution is 5.35. The van der Waals surface area contributed by atoms with E-state index < -0.39 is 0 Å². The van der Waals surface area contributed by atoms with Crippen molar-refractivity contribution in [1.29, 1.82) is 0 Å². The summed E-state index contributed by atoms with van der Waals surface area (Å²) in [4.78, 5) is 13.3. The molecule has 0 bridgehead atoms. The van der Waals surface area contributed by atoms with Crippen molar-refractivity contribution in [1.82, 2.24) is 14.9 Å². The Bertz CT molecular complexity index is 585. The third-order valence-electron chi connectivity index (χ3n) is 5.20. The molecular formula is C20H30N4O. The number of aromatic nitrogens is 2. The van der Waals surface area contributed by atoms with Gasteiger partial charge in [0.15, 0.2) is 5.82 Å². The van der Waals surface area contributed by atoms with Gasteiger partial charge in [-0.2, -0.15) is 4.98 Å². The minimum atomic E-state index is 0.123. The molecule has 2 heterocycles. The van der Waals surface area contributed by atoms with Crippen molar-refractivity contribution < 1.29 is 4.74 Å². The maximum absolute atomic E-state index is 6.22. The Hall–Kier alpha value is -1.88. The number of allylic oxidation sites excluding steroid dienone is 3. The van der Waals surface area contributed by atoms with E-state index in [2.05, 4.69) is 33.6 Å². The average Bonchev–Trinajstić information content (AvgIpc) is 3.02. The van der Waals surface area contributed by atoms with Gasteiger partial charge in [-0.05, 0) is 37.5 Å². The van der Waals surface area contributed by atoms with Crippen molar-refractivity contribution in [2.45, 2.75) is 31.8 Å². The van der Waals surface area contributed by atoms with Gasteiger partial charge >= 0.3 is 0 Å².